The lowest BCUT2D eigenvalue weighted by Crippen LogP contribution is -2.23. The van der Waals surface area contributed by atoms with Gasteiger partial charge in [0.2, 0.25) is 5.91 Å². The average Bonchev–Trinajstić information content (AvgIpc) is 3.05. The molecule has 1 aromatic carbocycles. The van der Waals surface area contributed by atoms with Crippen molar-refractivity contribution in [3.05, 3.63) is 58.3 Å². The zero-order valence-electron chi connectivity index (χ0n) is 12.0. The molecule has 1 heterocycles. The minimum Gasteiger partial charge on any atom is -0.479 e. The van der Waals surface area contributed by atoms with Crippen LogP contribution in [0.3, 0.4) is 0 Å². The molecule has 1 amide bonds. The second-order valence-electron chi connectivity index (χ2n) is 4.47. The van der Waals surface area contributed by atoms with Gasteiger partial charge in [-0.2, -0.15) is 5.26 Å². The third-order valence-corrected chi connectivity index (χ3v) is 3.80. The Kier molecular flexibility index (Phi) is 6.21. The van der Waals surface area contributed by atoms with Crippen molar-refractivity contribution >= 4 is 23.3 Å². The smallest absolute Gasteiger partial charge is 0.244 e. The van der Waals surface area contributed by atoms with E-state index in [9.17, 15) is 4.79 Å². The molecule has 0 radical (unpaired) electrons. The Morgan fingerprint density at radius 3 is 2.82 bits per heavy atom. The molecule has 2 aromatic rings. The molecule has 0 saturated carbocycles. The number of hydrogen-bond acceptors (Lipinski definition) is 4. The number of benzene rings is 1. The van der Waals surface area contributed by atoms with Gasteiger partial charge in [0.05, 0.1) is 0 Å². The highest BCUT2D eigenvalue weighted by Crippen LogP contribution is 2.13. The molecule has 0 saturated heterocycles. The first-order valence-electron chi connectivity index (χ1n) is 6.86. The minimum atomic E-state index is -0.110. The van der Waals surface area contributed by atoms with Gasteiger partial charge in [-0.1, -0.05) is 18.2 Å². The fraction of sp³-hybridized carbons (Fsp3) is 0.176. The van der Waals surface area contributed by atoms with Gasteiger partial charge in [0, 0.05) is 17.5 Å². The van der Waals surface area contributed by atoms with E-state index in [1.54, 1.807) is 29.5 Å². The Morgan fingerprint density at radius 1 is 1.32 bits per heavy atom. The van der Waals surface area contributed by atoms with Crippen LogP contribution in [0.25, 0.3) is 6.08 Å². The van der Waals surface area contributed by atoms with Gasteiger partial charge in [0.15, 0.2) is 6.61 Å². The molecule has 0 unspecified atom stereocenters. The molecule has 0 atom stereocenters. The second-order valence-corrected chi connectivity index (χ2v) is 5.50. The Morgan fingerprint density at radius 2 is 2.14 bits per heavy atom. The molecule has 0 aliphatic rings. The van der Waals surface area contributed by atoms with Crippen LogP contribution in [0.4, 0.5) is 0 Å². The second kappa shape index (κ2) is 8.65. The summed E-state index contributed by atoms with van der Waals surface area (Å²) in [7, 11) is 0. The summed E-state index contributed by atoms with van der Waals surface area (Å²) in [6.07, 6.45) is 4.11. The van der Waals surface area contributed by atoms with E-state index in [1.165, 1.54) is 11.0 Å². The molecule has 2 rings (SSSR count). The summed E-state index contributed by atoms with van der Waals surface area (Å²) in [5.74, 6) is 0.528. The fourth-order valence-corrected chi connectivity index (χ4v) is 2.49. The van der Waals surface area contributed by atoms with E-state index in [-0.39, 0.29) is 12.5 Å². The van der Waals surface area contributed by atoms with Crippen molar-refractivity contribution in [2.45, 2.75) is 6.42 Å². The number of carbonyl (C=O) groups is 1. The molecular weight excluding hydrogens is 296 g/mol. The Balaban J connectivity index is 1.75. The van der Waals surface area contributed by atoms with Crippen LogP contribution >= 0.6 is 11.3 Å². The van der Waals surface area contributed by atoms with Crippen LogP contribution < -0.4 is 10.1 Å². The Hall–Kier alpha value is -2.58. The van der Waals surface area contributed by atoms with Gasteiger partial charge in [-0.3, -0.25) is 4.79 Å². The van der Waals surface area contributed by atoms with Crippen LogP contribution in [0.15, 0.2) is 47.9 Å². The van der Waals surface area contributed by atoms with Crippen molar-refractivity contribution in [3.8, 4) is 11.8 Å². The summed E-state index contributed by atoms with van der Waals surface area (Å²) >= 11 is 1.69. The van der Waals surface area contributed by atoms with E-state index in [4.69, 9.17) is 10.00 Å². The summed E-state index contributed by atoms with van der Waals surface area (Å²) in [6, 6.07) is 13.2. The van der Waals surface area contributed by atoms with Crippen molar-refractivity contribution in [1.29, 1.82) is 5.26 Å². The first-order chi connectivity index (χ1) is 10.8. The maximum absolute atomic E-state index is 11.7. The van der Waals surface area contributed by atoms with Crippen LogP contribution in [-0.2, 0) is 11.2 Å². The number of nitrogens with one attached hydrogen (secondary N) is 1. The van der Waals surface area contributed by atoms with Crippen molar-refractivity contribution in [2.24, 2.45) is 0 Å². The maximum Gasteiger partial charge on any atom is 0.244 e. The van der Waals surface area contributed by atoms with Crippen molar-refractivity contribution in [2.75, 3.05) is 13.2 Å². The quantitative estimate of drug-likeness (QED) is 0.799. The van der Waals surface area contributed by atoms with Crippen molar-refractivity contribution < 1.29 is 9.53 Å². The van der Waals surface area contributed by atoms with E-state index in [2.05, 4.69) is 11.4 Å². The fourth-order valence-electron chi connectivity index (χ4n) is 1.79. The normalized spacial score (nSPS) is 10.3. The number of nitriles is 1. The highest BCUT2D eigenvalue weighted by molar-refractivity contribution is 7.09. The number of rotatable bonds is 7. The van der Waals surface area contributed by atoms with Gasteiger partial charge >= 0.3 is 0 Å². The van der Waals surface area contributed by atoms with Gasteiger partial charge in [0.25, 0.3) is 0 Å². The first-order valence-corrected chi connectivity index (χ1v) is 7.74. The standard InChI is InChI=1S/C17H16N2O2S/c18-10-12-21-15-6-3-14(4-7-15)5-8-17(20)19-11-9-16-2-1-13-22-16/h1-8,13H,9,11-12H2,(H,19,20)/b8-5+. The summed E-state index contributed by atoms with van der Waals surface area (Å²) in [5.41, 5.74) is 0.901. The molecule has 1 N–H and O–H groups in total. The van der Waals surface area contributed by atoms with Crippen molar-refractivity contribution in [3.63, 3.8) is 0 Å². The molecule has 0 aliphatic heterocycles. The molecule has 5 heteroatoms. The summed E-state index contributed by atoms with van der Waals surface area (Å²) in [4.78, 5) is 13.0. The third kappa shape index (κ3) is 5.43. The minimum absolute atomic E-state index is 0.0296. The zero-order chi connectivity index (χ0) is 15.6. The number of amides is 1. The molecule has 22 heavy (non-hydrogen) atoms. The largest absolute Gasteiger partial charge is 0.479 e. The van der Waals surface area contributed by atoms with Gasteiger partial charge in [0.1, 0.15) is 11.8 Å². The van der Waals surface area contributed by atoms with Crippen LogP contribution in [0.2, 0.25) is 0 Å². The van der Waals surface area contributed by atoms with Crippen LogP contribution in [0.5, 0.6) is 5.75 Å². The molecule has 0 bridgehead atoms. The van der Waals surface area contributed by atoms with Crippen LogP contribution in [0, 0.1) is 11.3 Å². The predicted molar refractivity (Wildman–Crippen MR) is 87.6 cm³/mol. The lowest BCUT2D eigenvalue weighted by molar-refractivity contribution is -0.116. The van der Waals surface area contributed by atoms with E-state index in [0.29, 0.717) is 12.3 Å². The number of nitrogens with zero attached hydrogens (tertiary/aromatic N) is 1. The van der Waals surface area contributed by atoms with E-state index < -0.39 is 0 Å². The van der Waals surface area contributed by atoms with Crippen molar-refractivity contribution in [1.82, 2.24) is 5.32 Å². The van der Waals surface area contributed by atoms with Crippen LogP contribution in [-0.4, -0.2) is 19.1 Å². The third-order valence-electron chi connectivity index (χ3n) is 2.86. The molecule has 112 valence electrons. The Labute approximate surface area is 133 Å². The van der Waals surface area contributed by atoms with Gasteiger partial charge in [-0.15, -0.1) is 11.3 Å². The number of thiophene rings is 1. The van der Waals surface area contributed by atoms with E-state index in [0.717, 1.165) is 12.0 Å². The summed E-state index contributed by atoms with van der Waals surface area (Å²) < 4.78 is 5.16. The molecule has 4 nitrogen and oxygen atoms in total. The number of hydrogen-bond donors (Lipinski definition) is 1. The summed E-state index contributed by atoms with van der Waals surface area (Å²) in [6.45, 7) is 0.659. The van der Waals surface area contributed by atoms with Gasteiger partial charge in [-0.05, 0) is 41.6 Å². The average molecular weight is 312 g/mol. The predicted octanol–water partition coefficient (Wildman–Crippen LogP) is 3.02. The zero-order valence-corrected chi connectivity index (χ0v) is 12.8. The van der Waals surface area contributed by atoms with Gasteiger partial charge < -0.3 is 10.1 Å². The van der Waals surface area contributed by atoms with Crippen LogP contribution in [0.1, 0.15) is 10.4 Å². The molecule has 0 aliphatic carbocycles. The summed E-state index contributed by atoms with van der Waals surface area (Å²) in [5, 5.41) is 13.3. The lowest BCUT2D eigenvalue weighted by Gasteiger charge is -2.02. The highest BCUT2D eigenvalue weighted by Gasteiger charge is 1.98. The van der Waals surface area contributed by atoms with E-state index >= 15 is 0 Å². The Bertz CT molecular complexity index is 655. The number of carbonyl (C=O) groups excluding carboxylic acids is 1. The number of ether oxygens (including phenoxy) is 1. The highest BCUT2D eigenvalue weighted by atomic mass is 32.1. The molecule has 1 aromatic heterocycles. The molecular formula is C17H16N2O2S. The maximum atomic E-state index is 11.7. The first kappa shape index (κ1) is 15.8. The topological polar surface area (TPSA) is 62.1 Å². The van der Waals surface area contributed by atoms with Gasteiger partial charge in [-0.25, -0.2) is 0 Å². The SMILES string of the molecule is N#CCOc1ccc(/C=C/C(=O)NCCc2cccs2)cc1. The molecule has 0 spiro atoms. The monoisotopic (exact) mass is 312 g/mol. The molecule has 0 fully saturated rings. The lowest BCUT2D eigenvalue weighted by atomic mass is 10.2. The van der Waals surface area contributed by atoms with E-state index in [1.807, 2.05) is 29.6 Å².